The molecule has 1 N–H and O–H groups in total. The van der Waals surface area contributed by atoms with Gasteiger partial charge in [0.05, 0.1) is 0 Å². The van der Waals surface area contributed by atoms with Gasteiger partial charge in [-0.15, -0.1) is 5.10 Å². The third-order valence-corrected chi connectivity index (χ3v) is 4.71. The van der Waals surface area contributed by atoms with Crippen LogP contribution in [-0.2, 0) is 5.67 Å². The van der Waals surface area contributed by atoms with Crippen LogP contribution in [0, 0.1) is 6.92 Å². The summed E-state index contributed by atoms with van der Waals surface area (Å²) in [5, 5.41) is 6.77. The second kappa shape index (κ2) is 5.06. The van der Waals surface area contributed by atoms with Crippen molar-refractivity contribution in [3.8, 4) is 0 Å². The van der Waals surface area contributed by atoms with Crippen LogP contribution in [0.15, 0.2) is 35.2 Å². The van der Waals surface area contributed by atoms with Crippen molar-refractivity contribution in [2.75, 3.05) is 5.32 Å². The van der Waals surface area contributed by atoms with Gasteiger partial charge in [0.1, 0.15) is 10.7 Å². The van der Waals surface area contributed by atoms with Gasteiger partial charge in [0, 0.05) is 17.4 Å². The van der Waals surface area contributed by atoms with Gasteiger partial charge in [-0.25, -0.2) is 9.37 Å². The molecule has 0 fully saturated rings. The average Bonchev–Trinajstić information content (AvgIpc) is 2.89. The highest BCUT2D eigenvalue weighted by molar-refractivity contribution is 8.45. The smallest absolute Gasteiger partial charge is 0.310 e. The van der Waals surface area contributed by atoms with Crippen molar-refractivity contribution < 1.29 is 23.8 Å². The minimum atomic E-state index is -9.73. The lowest BCUT2D eigenvalue weighted by Crippen LogP contribution is -2.11. The minimum Gasteiger partial charge on any atom is -0.340 e. The number of nitrogens with zero attached hydrogens (tertiary/aromatic N) is 4. The number of hydrogen-bond acceptors (Lipinski definition) is 4. The van der Waals surface area contributed by atoms with Gasteiger partial charge >= 0.3 is 10.2 Å². The Labute approximate surface area is 150 Å². The molecule has 0 unspecified atom stereocenters. The Balaban J connectivity index is 2.01. The second-order valence-electron chi connectivity index (χ2n) is 6.52. The quantitative estimate of drug-likeness (QED) is 0.532. The van der Waals surface area contributed by atoms with Crippen molar-refractivity contribution in [2.24, 2.45) is 0 Å². The highest BCUT2D eigenvalue weighted by Gasteiger charge is 2.65. The van der Waals surface area contributed by atoms with E-state index >= 15 is 0 Å². The number of aryl methyl sites for hydroxylation is 1. The van der Waals surface area contributed by atoms with Crippen LogP contribution in [0.1, 0.15) is 25.4 Å². The largest absolute Gasteiger partial charge is 0.340 e. The Morgan fingerprint density at radius 3 is 2.11 bits per heavy atom. The van der Waals surface area contributed by atoms with Crippen molar-refractivity contribution in [3.63, 3.8) is 0 Å². The maximum atomic E-state index is 14.1. The van der Waals surface area contributed by atoms with E-state index in [0.717, 1.165) is 12.1 Å². The van der Waals surface area contributed by atoms with Crippen LogP contribution in [0.3, 0.4) is 0 Å². The Kier molecular flexibility index (Phi) is 3.61. The van der Waals surface area contributed by atoms with Crippen molar-refractivity contribution >= 4 is 27.5 Å². The molecule has 2 heterocycles. The van der Waals surface area contributed by atoms with E-state index in [1.54, 1.807) is 6.92 Å². The summed E-state index contributed by atoms with van der Waals surface area (Å²) in [6, 6.07) is 3.84. The molecule has 3 aromatic rings. The Morgan fingerprint density at radius 2 is 1.59 bits per heavy atom. The third kappa shape index (κ3) is 4.10. The van der Waals surface area contributed by atoms with Crippen LogP contribution >= 0.6 is 10.2 Å². The zero-order chi connectivity index (χ0) is 20.3. The molecule has 0 aliphatic heterocycles. The molecule has 0 saturated carbocycles. The highest BCUT2D eigenvalue weighted by atomic mass is 32.5. The molecule has 2 aromatic heterocycles. The number of aromatic nitrogens is 4. The fourth-order valence-corrected chi connectivity index (χ4v) is 2.92. The first-order chi connectivity index (χ1) is 12.0. The summed E-state index contributed by atoms with van der Waals surface area (Å²) in [5.41, 5.74) is -1.24. The predicted octanol–water partition coefficient (Wildman–Crippen LogP) is 6.04. The topological polar surface area (TPSA) is 55.1 Å². The van der Waals surface area contributed by atoms with E-state index in [4.69, 9.17) is 0 Å². The molecular weight excluding hydrogens is 396 g/mol. The molecule has 0 amide bonds. The lowest BCUT2D eigenvalue weighted by Gasteiger charge is -2.40. The van der Waals surface area contributed by atoms with E-state index in [-0.39, 0.29) is 23.1 Å². The molecular formula is C15H15F6N5S. The normalized spacial score (nSPS) is 15.4. The first kappa shape index (κ1) is 19.3. The lowest BCUT2D eigenvalue weighted by atomic mass is 10.2. The van der Waals surface area contributed by atoms with E-state index in [2.05, 4.69) is 20.4 Å². The van der Waals surface area contributed by atoms with Gasteiger partial charge in [-0.1, -0.05) is 19.4 Å². The summed E-state index contributed by atoms with van der Waals surface area (Å²) >= 11 is 0. The summed E-state index contributed by atoms with van der Waals surface area (Å²) in [5.74, 6) is 0.197. The molecule has 0 aliphatic rings. The number of nitrogens with one attached hydrogen (secondary N) is 1. The SMILES string of the molecule is Cc1cc(Nc2ccc(S(F)(F)(F)(F)F)cc2)n2nc(C(C)(C)F)nc2n1. The fraction of sp³-hybridized carbons (Fsp3) is 0.267. The number of rotatable bonds is 4. The zero-order valence-electron chi connectivity index (χ0n) is 14.4. The molecule has 0 radical (unpaired) electrons. The Hall–Kier alpha value is -2.50. The van der Waals surface area contributed by atoms with Crippen LogP contribution in [0.5, 0.6) is 0 Å². The van der Waals surface area contributed by atoms with Crippen LogP contribution in [0.25, 0.3) is 5.78 Å². The number of halogens is 6. The van der Waals surface area contributed by atoms with Crippen LogP contribution in [0.4, 0.5) is 35.3 Å². The van der Waals surface area contributed by atoms with Crippen LogP contribution in [-0.4, -0.2) is 19.6 Å². The van der Waals surface area contributed by atoms with Gasteiger partial charge in [-0.05, 0) is 45.0 Å². The summed E-state index contributed by atoms with van der Waals surface area (Å²) < 4.78 is 79.2. The lowest BCUT2D eigenvalue weighted by molar-refractivity contribution is 0.207. The molecule has 27 heavy (non-hydrogen) atoms. The predicted molar refractivity (Wildman–Crippen MR) is 90.8 cm³/mol. The van der Waals surface area contributed by atoms with Gasteiger partial charge in [-0.3, -0.25) is 0 Å². The van der Waals surface area contributed by atoms with E-state index in [1.165, 1.54) is 24.4 Å². The summed E-state index contributed by atoms with van der Waals surface area (Å²) in [7, 11) is -9.73. The van der Waals surface area contributed by atoms with E-state index in [1.807, 2.05) is 0 Å². The number of benzene rings is 1. The first-order valence-corrected chi connectivity index (χ1v) is 9.53. The van der Waals surface area contributed by atoms with E-state index in [0.29, 0.717) is 17.8 Å². The van der Waals surface area contributed by atoms with Crippen molar-refractivity contribution in [1.82, 2.24) is 19.6 Å². The second-order valence-corrected chi connectivity index (χ2v) is 8.93. The molecule has 12 heteroatoms. The van der Waals surface area contributed by atoms with Gasteiger partial charge in [0.15, 0.2) is 11.5 Å². The first-order valence-electron chi connectivity index (χ1n) is 7.58. The van der Waals surface area contributed by atoms with Crippen LogP contribution < -0.4 is 5.32 Å². The summed E-state index contributed by atoms with van der Waals surface area (Å²) in [6.07, 6.45) is 0. The molecule has 0 atom stereocenters. The van der Waals surface area contributed by atoms with E-state index < -0.39 is 20.8 Å². The van der Waals surface area contributed by atoms with Gasteiger partial charge in [-0.2, -0.15) is 9.50 Å². The Morgan fingerprint density at radius 1 is 1.00 bits per heavy atom. The van der Waals surface area contributed by atoms with Gasteiger partial charge < -0.3 is 5.32 Å². The van der Waals surface area contributed by atoms with Gasteiger partial charge in [0.2, 0.25) is 0 Å². The third-order valence-electron chi connectivity index (χ3n) is 3.54. The molecule has 0 aliphatic carbocycles. The number of anilines is 2. The number of alkyl halides is 1. The van der Waals surface area contributed by atoms with E-state index in [9.17, 15) is 23.8 Å². The highest BCUT2D eigenvalue weighted by Crippen LogP contribution is 3.02. The van der Waals surface area contributed by atoms with Gasteiger partial charge in [0.25, 0.3) is 5.78 Å². The molecule has 148 valence electrons. The zero-order valence-corrected chi connectivity index (χ0v) is 15.2. The number of fused-ring (bicyclic) bond motifs is 1. The number of hydrogen-bond donors (Lipinski definition) is 1. The molecule has 3 rings (SSSR count). The van der Waals surface area contributed by atoms with Crippen molar-refractivity contribution in [1.29, 1.82) is 0 Å². The van der Waals surface area contributed by atoms with Crippen LogP contribution in [0.2, 0.25) is 0 Å². The molecule has 5 nitrogen and oxygen atoms in total. The Bertz CT molecular complexity index is 1020. The fourth-order valence-electron chi connectivity index (χ4n) is 2.27. The standard InChI is InChI=1S/C15H15F6N5S/c1-9-8-12(26-14(22-9)24-13(25-26)15(2,3)16)23-10-4-6-11(7-5-10)27(17,18,19,20)21/h4-8,23H,1-3H3. The summed E-state index contributed by atoms with van der Waals surface area (Å²) in [4.78, 5) is 6.12. The molecule has 0 bridgehead atoms. The maximum Gasteiger partial charge on any atom is 0.310 e. The van der Waals surface area contributed by atoms with Crippen molar-refractivity contribution in [2.45, 2.75) is 31.3 Å². The van der Waals surface area contributed by atoms with Crippen molar-refractivity contribution in [3.05, 3.63) is 41.9 Å². The molecule has 0 spiro atoms. The summed E-state index contributed by atoms with van der Waals surface area (Å²) in [6.45, 7) is 4.17. The molecule has 1 aromatic carbocycles. The minimum absolute atomic E-state index is 0.0851. The maximum absolute atomic E-state index is 14.1. The molecule has 0 saturated heterocycles. The average molecular weight is 411 g/mol. The monoisotopic (exact) mass is 411 g/mol.